The van der Waals surface area contributed by atoms with Crippen LogP contribution in [0.2, 0.25) is 0 Å². The smallest absolute Gasteiger partial charge is 0.166 e. The van der Waals surface area contributed by atoms with Crippen LogP contribution in [0.4, 0.5) is 13.2 Å². The first-order valence-electron chi connectivity index (χ1n) is 8.91. The summed E-state index contributed by atoms with van der Waals surface area (Å²) < 4.78 is 39.2. The number of benzene rings is 2. The summed E-state index contributed by atoms with van der Waals surface area (Å²) >= 11 is 3.57. The molecule has 5 heteroatoms. The Balaban J connectivity index is 1.81. The fourth-order valence-electron chi connectivity index (χ4n) is 2.74. The lowest BCUT2D eigenvalue weighted by Crippen LogP contribution is -2.09. The number of alkyl halides is 3. The lowest BCUT2D eigenvalue weighted by Gasteiger charge is -2.14. The molecule has 0 heterocycles. The van der Waals surface area contributed by atoms with E-state index in [1.54, 1.807) is 23.9 Å². The van der Waals surface area contributed by atoms with Crippen molar-refractivity contribution in [1.29, 1.82) is 0 Å². The zero-order chi connectivity index (χ0) is 19.0. The Labute approximate surface area is 163 Å². The van der Waals surface area contributed by atoms with Gasteiger partial charge in [0.15, 0.2) is 0 Å². The fraction of sp³-hybridized carbons (Fsp3) is 0.429. The van der Waals surface area contributed by atoms with Crippen LogP contribution in [0.25, 0.3) is 0 Å². The number of aryl methyl sites for hydroxylation is 1. The molecule has 0 N–H and O–H groups in total. The zero-order valence-electron chi connectivity index (χ0n) is 15.2. The van der Waals surface area contributed by atoms with Crippen LogP contribution in [0, 0.1) is 0 Å². The molecule has 2 rings (SSSR count). The maximum atomic E-state index is 13.1. The second kappa shape index (κ2) is 10.3. The molecule has 0 aliphatic heterocycles. The quantitative estimate of drug-likeness (QED) is 0.314. The molecular weight excluding hydrogens is 373 g/mol. The highest BCUT2D eigenvalue weighted by Crippen LogP contribution is 2.35. The second-order valence-corrected chi connectivity index (χ2v) is 8.81. The van der Waals surface area contributed by atoms with Crippen molar-refractivity contribution in [2.75, 3.05) is 11.5 Å². The first-order valence-corrected chi connectivity index (χ1v) is 10.9. The first-order chi connectivity index (χ1) is 12.4. The van der Waals surface area contributed by atoms with Crippen molar-refractivity contribution in [3.63, 3.8) is 0 Å². The van der Waals surface area contributed by atoms with Gasteiger partial charge < -0.3 is 0 Å². The highest BCUT2D eigenvalue weighted by Gasteiger charge is 2.32. The lowest BCUT2D eigenvalue weighted by atomic mass is 10.0. The van der Waals surface area contributed by atoms with Gasteiger partial charge in [0.2, 0.25) is 0 Å². The van der Waals surface area contributed by atoms with Crippen LogP contribution in [0.3, 0.4) is 0 Å². The molecule has 0 amide bonds. The Morgan fingerprint density at radius 1 is 1.00 bits per heavy atom. The first kappa shape index (κ1) is 21.2. The molecule has 0 aliphatic carbocycles. The van der Waals surface area contributed by atoms with Crippen LogP contribution in [-0.2, 0) is 12.6 Å². The van der Waals surface area contributed by atoms with E-state index in [4.69, 9.17) is 0 Å². The van der Waals surface area contributed by atoms with Gasteiger partial charge in [-0.05, 0) is 60.6 Å². The molecule has 0 spiro atoms. The number of thioether (sulfide) groups is 2. The molecule has 1 atom stereocenters. The highest BCUT2D eigenvalue weighted by atomic mass is 32.2. The summed E-state index contributed by atoms with van der Waals surface area (Å²) in [6.45, 7) is 4.12. The van der Waals surface area contributed by atoms with E-state index in [9.17, 15) is 13.2 Å². The van der Waals surface area contributed by atoms with Crippen LogP contribution in [0.1, 0.15) is 48.6 Å². The molecule has 2 aromatic carbocycles. The van der Waals surface area contributed by atoms with E-state index in [0.717, 1.165) is 22.8 Å². The number of halogens is 3. The molecule has 0 nitrogen and oxygen atoms in total. The Morgan fingerprint density at radius 3 is 2.38 bits per heavy atom. The minimum atomic E-state index is -4.27. The van der Waals surface area contributed by atoms with Gasteiger partial charge >= 0.3 is 6.18 Å². The van der Waals surface area contributed by atoms with Crippen molar-refractivity contribution in [2.45, 2.75) is 49.4 Å². The maximum absolute atomic E-state index is 13.1. The van der Waals surface area contributed by atoms with Gasteiger partial charge in [0, 0.05) is 10.1 Å². The van der Waals surface area contributed by atoms with Crippen molar-refractivity contribution in [3.8, 4) is 0 Å². The fourth-order valence-corrected chi connectivity index (χ4v) is 4.85. The predicted molar refractivity (Wildman–Crippen MR) is 108 cm³/mol. The number of hydrogen-bond acceptors (Lipinski definition) is 2. The Hall–Kier alpha value is -1.07. The molecule has 0 bridgehead atoms. The van der Waals surface area contributed by atoms with E-state index < -0.39 is 11.7 Å². The largest absolute Gasteiger partial charge is 0.416 e. The van der Waals surface area contributed by atoms with Crippen LogP contribution in [0.5, 0.6) is 0 Å². The van der Waals surface area contributed by atoms with Gasteiger partial charge in [0.25, 0.3) is 0 Å². The van der Waals surface area contributed by atoms with Gasteiger partial charge in [-0.1, -0.05) is 43.7 Å². The average Bonchev–Trinajstić information content (AvgIpc) is 2.61. The van der Waals surface area contributed by atoms with E-state index in [-0.39, 0.29) is 0 Å². The summed E-state index contributed by atoms with van der Waals surface area (Å²) in [5.41, 5.74) is 1.25. The van der Waals surface area contributed by atoms with Crippen molar-refractivity contribution < 1.29 is 13.2 Å². The van der Waals surface area contributed by atoms with Gasteiger partial charge in [-0.15, -0.1) is 11.8 Å². The molecule has 1 unspecified atom stereocenters. The van der Waals surface area contributed by atoms with Gasteiger partial charge in [-0.2, -0.15) is 24.9 Å². The summed E-state index contributed by atoms with van der Waals surface area (Å²) in [6.07, 6.45) is -2.05. The third kappa shape index (κ3) is 6.58. The Kier molecular flexibility index (Phi) is 8.42. The molecule has 0 radical (unpaired) electrons. The van der Waals surface area contributed by atoms with Crippen molar-refractivity contribution >= 4 is 23.5 Å². The second-order valence-electron chi connectivity index (χ2n) is 6.19. The molecule has 26 heavy (non-hydrogen) atoms. The molecule has 0 fully saturated rings. The van der Waals surface area contributed by atoms with Crippen molar-refractivity contribution in [2.24, 2.45) is 0 Å². The molecule has 0 saturated heterocycles. The Morgan fingerprint density at radius 2 is 1.73 bits per heavy atom. The van der Waals surface area contributed by atoms with Crippen molar-refractivity contribution in [3.05, 3.63) is 65.2 Å². The molecule has 142 valence electrons. The maximum Gasteiger partial charge on any atom is 0.416 e. The molecular formula is C21H25F3S2. The monoisotopic (exact) mass is 398 g/mol. The number of rotatable bonds is 9. The average molecular weight is 399 g/mol. The van der Waals surface area contributed by atoms with Gasteiger partial charge in [-0.25, -0.2) is 0 Å². The van der Waals surface area contributed by atoms with E-state index in [0.29, 0.717) is 23.7 Å². The minimum Gasteiger partial charge on any atom is -0.166 e. The Bertz CT molecular complexity index is 669. The topological polar surface area (TPSA) is 0 Å². The summed E-state index contributed by atoms with van der Waals surface area (Å²) in [5.74, 6) is 1.97. The highest BCUT2D eigenvalue weighted by molar-refractivity contribution is 8.00. The van der Waals surface area contributed by atoms with E-state index in [2.05, 4.69) is 31.2 Å². The van der Waals surface area contributed by atoms with E-state index >= 15 is 0 Å². The number of hydrogen-bond donors (Lipinski definition) is 0. The summed E-state index contributed by atoms with van der Waals surface area (Å²) in [7, 11) is 0. The van der Waals surface area contributed by atoms with Crippen LogP contribution in [-0.4, -0.2) is 11.5 Å². The standard InChI is InChI=1S/C21H25F3S2/c1-3-8-18-15-19(11-12-20(18)21(22,23)24)26-14-7-13-25-16(2)17-9-5-4-6-10-17/h4-6,9-12,15-16H,3,7-8,13-14H2,1-2H3. The van der Waals surface area contributed by atoms with E-state index in [1.807, 2.05) is 24.8 Å². The minimum absolute atomic E-state index is 0.414. The normalized spacial score (nSPS) is 13.0. The van der Waals surface area contributed by atoms with Crippen molar-refractivity contribution in [1.82, 2.24) is 0 Å². The van der Waals surface area contributed by atoms with Crippen LogP contribution < -0.4 is 0 Å². The molecule has 0 aliphatic rings. The van der Waals surface area contributed by atoms with Gasteiger partial charge in [0.1, 0.15) is 0 Å². The third-order valence-corrected chi connectivity index (χ3v) is 6.47. The van der Waals surface area contributed by atoms with Crippen LogP contribution >= 0.6 is 23.5 Å². The zero-order valence-corrected chi connectivity index (χ0v) is 16.8. The van der Waals surface area contributed by atoms with Gasteiger partial charge in [0.05, 0.1) is 5.56 Å². The third-order valence-electron chi connectivity index (χ3n) is 4.10. The predicted octanol–water partition coefficient (Wildman–Crippen LogP) is 7.63. The van der Waals surface area contributed by atoms with Gasteiger partial charge in [-0.3, -0.25) is 0 Å². The SMILES string of the molecule is CCCc1cc(SCCCSC(C)c2ccccc2)ccc1C(F)(F)F. The summed E-state index contributed by atoms with van der Waals surface area (Å²) in [6, 6.07) is 15.0. The molecule has 0 aromatic heterocycles. The summed E-state index contributed by atoms with van der Waals surface area (Å²) in [5, 5.41) is 0.462. The van der Waals surface area contributed by atoms with Crippen LogP contribution in [0.15, 0.2) is 53.4 Å². The molecule has 0 saturated carbocycles. The molecule has 2 aromatic rings. The summed E-state index contributed by atoms with van der Waals surface area (Å²) in [4.78, 5) is 0.933. The lowest BCUT2D eigenvalue weighted by molar-refractivity contribution is -0.138. The van der Waals surface area contributed by atoms with E-state index in [1.165, 1.54) is 11.6 Å².